The Hall–Kier alpha value is -0.880. The van der Waals surface area contributed by atoms with Crippen LogP contribution in [0, 0.1) is 23.7 Å². The van der Waals surface area contributed by atoms with Gasteiger partial charge >= 0.3 is 0 Å². The molecule has 0 aromatic carbocycles. The lowest BCUT2D eigenvalue weighted by molar-refractivity contribution is 0.983. The van der Waals surface area contributed by atoms with E-state index in [0.29, 0.717) is 0 Å². The molecule has 0 fully saturated rings. The van der Waals surface area contributed by atoms with Gasteiger partial charge in [-0.1, -0.05) is 25.7 Å². The summed E-state index contributed by atoms with van der Waals surface area (Å²) < 4.78 is 0. The van der Waals surface area contributed by atoms with E-state index < -0.39 is 0 Å². The van der Waals surface area contributed by atoms with Crippen molar-refractivity contribution in [1.29, 1.82) is 0 Å². The Bertz CT molecular complexity index is 156. The average Bonchev–Trinajstić information content (AvgIpc) is 1.89. The summed E-state index contributed by atoms with van der Waals surface area (Å²) in [7, 11) is 0. The van der Waals surface area contributed by atoms with Crippen LogP contribution in [0.3, 0.4) is 0 Å². The highest BCUT2D eigenvalue weighted by Crippen LogP contribution is 1.79. The van der Waals surface area contributed by atoms with Crippen LogP contribution >= 0.6 is 0 Å². The summed E-state index contributed by atoms with van der Waals surface area (Å²) in [6, 6.07) is 0. The first-order valence-corrected chi connectivity index (χ1v) is 3.37. The summed E-state index contributed by atoms with van der Waals surface area (Å²) in [5.41, 5.74) is 0. The summed E-state index contributed by atoms with van der Waals surface area (Å²) in [6.45, 7) is 4.14. The first-order valence-electron chi connectivity index (χ1n) is 3.37. The zero-order chi connectivity index (χ0) is 6.95. The molecule has 0 bridgehead atoms. The Balaban J connectivity index is 3.36. The fourth-order valence-electron chi connectivity index (χ4n) is 0.364. The minimum atomic E-state index is 0.904. The van der Waals surface area contributed by atoms with E-state index in [1.165, 1.54) is 0 Å². The molecule has 0 nitrogen and oxygen atoms in total. The van der Waals surface area contributed by atoms with Gasteiger partial charge in [-0.05, 0) is 18.3 Å². The lowest BCUT2D eigenvalue weighted by Crippen LogP contribution is -1.59. The summed E-state index contributed by atoms with van der Waals surface area (Å²) in [4.78, 5) is 0. The summed E-state index contributed by atoms with van der Waals surface area (Å²) >= 11 is 0. The quantitative estimate of drug-likeness (QED) is 0.465. The average molecular weight is 120 g/mol. The molecule has 0 aliphatic carbocycles. The SMILES string of the molecule is CCC#CC#CCCC. The maximum absolute atomic E-state index is 2.95. The minimum Gasteiger partial charge on any atom is -0.0894 e. The largest absolute Gasteiger partial charge is 0.0894 e. The van der Waals surface area contributed by atoms with E-state index in [4.69, 9.17) is 0 Å². The smallest absolute Gasteiger partial charge is 0.00963 e. The Morgan fingerprint density at radius 3 is 2.22 bits per heavy atom. The number of hydrogen-bond acceptors (Lipinski definition) is 0. The maximum Gasteiger partial charge on any atom is 0.00963 e. The van der Waals surface area contributed by atoms with Crippen LogP contribution in [0.25, 0.3) is 0 Å². The van der Waals surface area contributed by atoms with E-state index in [0.717, 1.165) is 19.3 Å². The molecule has 0 aromatic rings. The van der Waals surface area contributed by atoms with Crippen LogP contribution in [-0.4, -0.2) is 0 Å². The van der Waals surface area contributed by atoms with Gasteiger partial charge in [-0.2, -0.15) is 0 Å². The highest BCUT2D eigenvalue weighted by molar-refractivity contribution is 5.25. The third-order valence-electron chi connectivity index (χ3n) is 0.791. The van der Waals surface area contributed by atoms with E-state index in [-0.39, 0.29) is 0 Å². The zero-order valence-electron chi connectivity index (χ0n) is 6.12. The topological polar surface area (TPSA) is 0 Å². The van der Waals surface area contributed by atoms with Gasteiger partial charge in [0.1, 0.15) is 0 Å². The van der Waals surface area contributed by atoms with Crippen LogP contribution in [0.4, 0.5) is 0 Å². The molecule has 48 valence electrons. The van der Waals surface area contributed by atoms with Gasteiger partial charge in [0.25, 0.3) is 0 Å². The second-order valence-electron chi connectivity index (χ2n) is 1.71. The van der Waals surface area contributed by atoms with Crippen molar-refractivity contribution in [2.45, 2.75) is 33.1 Å². The van der Waals surface area contributed by atoms with Crippen LogP contribution in [0.15, 0.2) is 0 Å². The molecule has 0 heteroatoms. The van der Waals surface area contributed by atoms with Gasteiger partial charge in [0.15, 0.2) is 0 Å². The second-order valence-corrected chi connectivity index (χ2v) is 1.71. The number of hydrogen-bond donors (Lipinski definition) is 0. The minimum absolute atomic E-state index is 0.904. The Labute approximate surface area is 57.7 Å². The van der Waals surface area contributed by atoms with Crippen LogP contribution in [-0.2, 0) is 0 Å². The molecule has 0 spiro atoms. The molecule has 0 rings (SSSR count). The Morgan fingerprint density at radius 2 is 1.67 bits per heavy atom. The summed E-state index contributed by atoms with van der Waals surface area (Å²) in [6.07, 6.45) is 3.00. The molecule has 0 unspecified atom stereocenters. The normalized spacial score (nSPS) is 6.44. The lowest BCUT2D eigenvalue weighted by Gasteiger charge is -1.72. The first-order chi connectivity index (χ1) is 4.41. The molecule has 0 aromatic heterocycles. The molecular formula is C9H12. The van der Waals surface area contributed by atoms with E-state index in [1.807, 2.05) is 6.92 Å². The van der Waals surface area contributed by atoms with Gasteiger partial charge in [-0.3, -0.25) is 0 Å². The molecule has 0 N–H and O–H groups in total. The predicted molar refractivity (Wildman–Crippen MR) is 40.8 cm³/mol. The number of rotatable bonds is 1. The Morgan fingerprint density at radius 1 is 1.00 bits per heavy atom. The van der Waals surface area contributed by atoms with Crippen molar-refractivity contribution in [1.82, 2.24) is 0 Å². The van der Waals surface area contributed by atoms with Crippen LogP contribution in [0.1, 0.15) is 33.1 Å². The van der Waals surface area contributed by atoms with Crippen molar-refractivity contribution in [2.24, 2.45) is 0 Å². The van der Waals surface area contributed by atoms with Crippen LogP contribution in [0.2, 0.25) is 0 Å². The summed E-state index contributed by atoms with van der Waals surface area (Å²) in [5.74, 6) is 11.4. The van der Waals surface area contributed by atoms with Gasteiger partial charge in [-0.25, -0.2) is 0 Å². The molecule has 0 aliphatic heterocycles. The highest BCUT2D eigenvalue weighted by Gasteiger charge is 1.65. The monoisotopic (exact) mass is 120 g/mol. The van der Waals surface area contributed by atoms with Gasteiger partial charge in [0.05, 0.1) is 0 Å². The fourth-order valence-corrected chi connectivity index (χ4v) is 0.364. The Kier molecular flexibility index (Phi) is 6.42. The standard InChI is InChI=1S/C9H12/c1-3-5-7-9-8-6-4-2/h3-5H2,1-2H3. The van der Waals surface area contributed by atoms with Crippen molar-refractivity contribution in [3.63, 3.8) is 0 Å². The lowest BCUT2D eigenvalue weighted by atomic mass is 10.3. The van der Waals surface area contributed by atoms with Crippen molar-refractivity contribution < 1.29 is 0 Å². The van der Waals surface area contributed by atoms with Gasteiger partial charge in [-0.15, -0.1) is 0 Å². The molecule has 0 saturated carbocycles. The van der Waals surface area contributed by atoms with Gasteiger partial charge in [0.2, 0.25) is 0 Å². The van der Waals surface area contributed by atoms with Gasteiger partial charge in [0, 0.05) is 12.8 Å². The highest BCUT2D eigenvalue weighted by atomic mass is 13.7. The van der Waals surface area contributed by atoms with Crippen LogP contribution in [0.5, 0.6) is 0 Å². The molecule has 0 atom stereocenters. The van der Waals surface area contributed by atoms with E-state index >= 15 is 0 Å². The van der Waals surface area contributed by atoms with Gasteiger partial charge < -0.3 is 0 Å². The molecule has 0 saturated heterocycles. The fraction of sp³-hybridized carbons (Fsp3) is 0.556. The number of unbranched alkanes of at least 4 members (excludes halogenated alkanes) is 1. The van der Waals surface area contributed by atoms with Crippen molar-refractivity contribution in [3.05, 3.63) is 0 Å². The molecule has 0 heterocycles. The van der Waals surface area contributed by atoms with Crippen molar-refractivity contribution in [2.75, 3.05) is 0 Å². The van der Waals surface area contributed by atoms with Crippen molar-refractivity contribution in [3.8, 4) is 23.7 Å². The second kappa shape index (κ2) is 7.12. The zero-order valence-corrected chi connectivity index (χ0v) is 6.12. The predicted octanol–water partition coefficient (Wildman–Crippen LogP) is 2.20. The van der Waals surface area contributed by atoms with E-state index in [9.17, 15) is 0 Å². The molecular weight excluding hydrogens is 108 g/mol. The van der Waals surface area contributed by atoms with Crippen molar-refractivity contribution >= 4 is 0 Å². The third kappa shape index (κ3) is 7.12. The maximum atomic E-state index is 2.95. The molecule has 0 radical (unpaired) electrons. The van der Waals surface area contributed by atoms with E-state index in [2.05, 4.69) is 30.6 Å². The molecule has 0 amide bonds. The molecule has 9 heavy (non-hydrogen) atoms. The van der Waals surface area contributed by atoms with E-state index in [1.54, 1.807) is 0 Å². The molecule has 0 aliphatic rings. The first kappa shape index (κ1) is 8.12. The summed E-state index contributed by atoms with van der Waals surface area (Å²) in [5, 5.41) is 0. The van der Waals surface area contributed by atoms with Crippen LogP contribution < -0.4 is 0 Å². The third-order valence-corrected chi connectivity index (χ3v) is 0.791.